The van der Waals surface area contributed by atoms with Gasteiger partial charge in [0.25, 0.3) is 0 Å². The largest absolute Gasteiger partial charge is 0.465 e. The SMILES string of the molecule is Cc1ccc(CNC(C)c2ccc(F)cc2Br)o1. The van der Waals surface area contributed by atoms with Crippen LogP contribution >= 0.6 is 15.9 Å². The van der Waals surface area contributed by atoms with Crippen molar-refractivity contribution < 1.29 is 8.81 Å². The van der Waals surface area contributed by atoms with Crippen LogP contribution in [0.5, 0.6) is 0 Å². The Morgan fingerprint density at radius 3 is 2.72 bits per heavy atom. The van der Waals surface area contributed by atoms with Crippen LogP contribution in [-0.4, -0.2) is 0 Å². The summed E-state index contributed by atoms with van der Waals surface area (Å²) in [7, 11) is 0. The molecule has 0 spiro atoms. The van der Waals surface area contributed by atoms with Gasteiger partial charge in [-0.05, 0) is 43.7 Å². The van der Waals surface area contributed by atoms with Gasteiger partial charge in [0.05, 0.1) is 6.54 Å². The van der Waals surface area contributed by atoms with Gasteiger partial charge in [0.1, 0.15) is 17.3 Å². The maximum absolute atomic E-state index is 13.0. The lowest BCUT2D eigenvalue weighted by Crippen LogP contribution is -2.18. The fraction of sp³-hybridized carbons (Fsp3) is 0.286. The van der Waals surface area contributed by atoms with Crippen molar-refractivity contribution in [1.82, 2.24) is 5.32 Å². The highest BCUT2D eigenvalue weighted by Crippen LogP contribution is 2.24. The van der Waals surface area contributed by atoms with Crippen LogP contribution in [0.1, 0.15) is 30.0 Å². The van der Waals surface area contributed by atoms with Crippen LogP contribution in [0.25, 0.3) is 0 Å². The summed E-state index contributed by atoms with van der Waals surface area (Å²) in [5.74, 6) is 1.57. The summed E-state index contributed by atoms with van der Waals surface area (Å²) >= 11 is 3.37. The first-order valence-corrected chi connectivity index (χ1v) is 6.59. The summed E-state index contributed by atoms with van der Waals surface area (Å²) in [4.78, 5) is 0. The van der Waals surface area contributed by atoms with Crippen LogP contribution in [0.15, 0.2) is 39.2 Å². The number of furan rings is 1. The van der Waals surface area contributed by atoms with Gasteiger partial charge in [0.15, 0.2) is 0 Å². The Hall–Kier alpha value is -1.13. The van der Waals surface area contributed by atoms with Crippen molar-refractivity contribution in [2.24, 2.45) is 0 Å². The minimum Gasteiger partial charge on any atom is -0.465 e. The lowest BCUT2D eigenvalue weighted by molar-refractivity contribution is 0.443. The molecule has 18 heavy (non-hydrogen) atoms. The summed E-state index contributed by atoms with van der Waals surface area (Å²) in [5, 5.41) is 3.34. The number of halogens is 2. The van der Waals surface area contributed by atoms with Gasteiger partial charge in [-0.2, -0.15) is 0 Å². The Morgan fingerprint density at radius 1 is 1.33 bits per heavy atom. The van der Waals surface area contributed by atoms with E-state index in [0.717, 1.165) is 21.6 Å². The van der Waals surface area contributed by atoms with Crippen LogP contribution < -0.4 is 5.32 Å². The van der Waals surface area contributed by atoms with Gasteiger partial charge in [-0.1, -0.05) is 22.0 Å². The van der Waals surface area contributed by atoms with E-state index in [0.29, 0.717) is 6.54 Å². The maximum Gasteiger partial charge on any atom is 0.124 e. The second kappa shape index (κ2) is 5.67. The van der Waals surface area contributed by atoms with Crippen LogP contribution in [0, 0.1) is 12.7 Å². The molecule has 96 valence electrons. The zero-order valence-corrected chi connectivity index (χ0v) is 11.9. The zero-order chi connectivity index (χ0) is 13.1. The predicted molar refractivity (Wildman–Crippen MR) is 72.8 cm³/mol. The standard InChI is InChI=1S/C14H15BrFNO/c1-9-3-5-12(18-9)8-17-10(2)13-6-4-11(16)7-14(13)15/h3-7,10,17H,8H2,1-2H3. The van der Waals surface area contributed by atoms with Gasteiger partial charge in [0, 0.05) is 10.5 Å². The van der Waals surface area contributed by atoms with Gasteiger partial charge in [0.2, 0.25) is 0 Å². The quantitative estimate of drug-likeness (QED) is 0.908. The molecule has 0 radical (unpaired) electrons. The minimum absolute atomic E-state index is 0.116. The molecule has 2 nitrogen and oxygen atoms in total. The number of aryl methyl sites for hydroxylation is 1. The Morgan fingerprint density at radius 2 is 2.11 bits per heavy atom. The Kier molecular flexibility index (Phi) is 4.19. The van der Waals surface area contributed by atoms with Crippen LogP contribution in [-0.2, 0) is 6.54 Å². The number of hydrogen-bond acceptors (Lipinski definition) is 2. The Balaban J connectivity index is 2.01. The molecular formula is C14H15BrFNO. The van der Waals surface area contributed by atoms with E-state index in [1.54, 1.807) is 6.07 Å². The van der Waals surface area contributed by atoms with E-state index in [1.165, 1.54) is 12.1 Å². The van der Waals surface area contributed by atoms with Crippen molar-refractivity contribution >= 4 is 15.9 Å². The number of benzene rings is 1. The molecule has 0 bridgehead atoms. The molecular weight excluding hydrogens is 297 g/mol. The van der Waals surface area contributed by atoms with E-state index in [4.69, 9.17) is 4.42 Å². The van der Waals surface area contributed by atoms with Crippen molar-refractivity contribution in [3.05, 3.63) is 57.7 Å². The molecule has 0 aliphatic rings. The average Bonchev–Trinajstić information content (AvgIpc) is 2.72. The lowest BCUT2D eigenvalue weighted by Gasteiger charge is -2.15. The molecule has 0 aliphatic heterocycles. The Bertz CT molecular complexity index is 538. The third kappa shape index (κ3) is 3.21. The van der Waals surface area contributed by atoms with Gasteiger partial charge >= 0.3 is 0 Å². The van der Waals surface area contributed by atoms with Gasteiger partial charge < -0.3 is 9.73 Å². The normalized spacial score (nSPS) is 12.7. The molecule has 1 unspecified atom stereocenters. The second-order valence-electron chi connectivity index (χ2n) is 4.28. The average molecular weight is 312 g/mol. The van der Waals surface area contributed by atoms with Gasteiger partial charge in [-0.3, -0.25) is 0 Å². The molecule has 0 fully saturated rings. The molecule has 1 aromatic carbocycles. The van der Waals surface area contributed by atoms with Crippen molar-refractivity contribution in [2.75, 3.05) is 0 Å². The maximum atomic E-state index is 13.0. The van der Waals surface area contributed by atoms with Gasteiger partial charge in [-0.15, -0.1) is 0 Å². The molecule has 4 heteroatoms. The molecule has 1 aromatic heterocycles. The fourth-order valence-corrected chi connectivity index (χ4v) is 2.49. The molecule has 0 amide bonds. The van der Waals surface area contributed by atoms with Crippen molar-refractivity contribution in [1.29, 1.82) is 0 Å². The molecule has 2 aromatic rings. The molecule has 0 saturated heterocycles. The van der Waals surface area contributed by atoms with E-state index in [2.05, 4.69) is 21.2 Å². The molecule has 0 saturated carbocycles. The van der Waals surface area contributed by atoms with Crippen molar-refractivity contribution in [3.8, 4) is 0 Å². The zero-order valence-electron chi connectivity index (χ0n) is 10.3. The van der Waals surface area contributed by atoms with Crippen LogP contribution in [0.2, 0.25) is 0 Å². The van der Waals surface area contributed by atoms with Crippen LogP contribution in [0.4, 0.5) is 4.39 Å². The number of nitrogens with one attached hydrogen (secondary N) is 1. The third-order valence-corrected chi connectivity index (χ3v) is 3.49. The highest BCUT2D eigenvalue weighted by atomic mass is 79.9. The third-order valence-electron chi connectivity index (χ3n) is 2.81. The predicted octanol–water partition coefficient (Wildman–Crippen LogP) is 4.34. The fourth-order valence-electron chi connectivity index (χ4n) is 1.80. The minimum atomic E-state index is -0.237. The smallest absolute Gasteiger partial charge is 0.124 e. The summed E-state index contributed by atoms with van der Waals surface area (Å²) in [5.41, 5.74) is 1.03. The molecule has 0 aliphatic carbocycles. The molecule has 1 N–H and O–H groups in total. The van der Waals surface area contributed by atoms with E-state index in [1.807, 2.05) is 26.0 Å². The highest BCUT2D eigenvalue weighted by Gasteiger charge is 2.10. The first-order chi connectivity index (χ1) is 8.56. The second-order valence-corrected chi connectivity index (χ2v) is 5.14. The van der Waals surface area contributed by atoms with Crippen molar-refractivity contribution in [3.63, 3.8) is 0 Å². The number of rotatable bonds is 4. The van der Waals surface area contributed by atoms with E-state index in [-0.39, 0.29) is 11.9 Å². The summed E-state index contributed by atoms with van der Waals surface area (Å²) < 4.78 is 19.3. The van der Waals surface area contributed by atoms with E-state index in [9.17, 15) is 4.39 Å². The van der Waals surface area contributed by atoms with Crippen molar-refractivity contribution in [2.45, 2.75) is 26.4 Å². The van der Waals surface area contributed by atoms with E-state index >= 15 is 0 Å². The monoisotopic (exact) mass is 311 g/mol. The topological polar surface area (TPSA) is 25.2 Å². The first kappa shape index (κ1) is 13.3. The summed E-state index contributed by atoms with van der Waals surface area (Å²) in [6.07, 6.45) is 0. The summed E-state index contributed by atoms with van der Waals surface area (Å²) in [6, 6.07) is 8.74. The molecule has 2 rings (SSSR count). The van der Waals surface area contributed by atoms with E-state index < -0.39 is 0 Å². The first-order valence-electron chi connectivity index (χ1n) is 5.80. The number of hydrogen-bond donors (Lipinski definition) is 1. The lowest BCUT2D eigenvalue weighted by atomic mass is 10.1. The Labute approximate surface area is 114 Å². The molecule has 1 atom stereocenters. The van der Waals surface area contributed by atoms with Crippen LogP contribution in [0.3, 0.4) is 0 Å². The summed E-state index contributed by atoms with van der Waals surface area (Å²) in [6.45, 7) is 4.61. The molecule has 1 heterocycles. The van der Waals surface area contributed by atoms with Gasteiger partial charge in [-0.25, -0.2) is 4.39 Å². The highest BCUT2D eigenvalue weighted by molar-refractivity contribution is 9.10.